The molecule has 2 nitrogen and oxygen atoms in total. The fourth-order valence-electron chi connectivity index (χ4n) is 1.18. The number of hydrogen-bond acceptors (Lipinski definition) is 1. The minimum atomic E-state index is -0.0379. The van der Waals surface area contributed by atoms with E-state index >= 15 is 0 Å². The van der Waals surface area contributed by atoms with Crippen molar-refractivity contribution in [3.63, 3.8) is 0 Å². The lowest BCUT2D eigenvalue weighted by Gasteiger charge is -2.03. The van der Waals surface area contributed by atoms with Gasteiger partial charge in [-0.05, 0) is 30.7 Å². The first-order valence-corrected chi connectivity index (χ1v) is 6.12. The molecule has 2 aromatic heterocycles. The Hall–Kier alpha value is -0.960. The van der Waals surface area contributed by atoms with Crippen molar-refractivity contribution >= 4 is 21.9 Å². The van der Waals surface area contributed by atoms with Crippen LogP contribution >= 0.6 is 10.9 Å². The Morgan fingerprint density at radius 3 is 2.92 bits per heavy atom. The first-order valence-electron chi connectivity index (χ1n) is 3.88. The molecule has 1 N–H and O–H groups in total. The molecule has 0 bridgehead atoms. The van der Waals surface area contributed by atoms with Gasteiger partial charge in [0.2, 0.25) is 0 Å². The molecule has 3 heteroatoms. The lowest BCUT2D eigenvalue weighted by atomic mass is 10.4. The molecule has 0 amide bonds. The van der Waals surface area contributed by atoms with Crippen LogP contribution in [0.4, 0.5) is 0 Å². The van der Waals surface area contributed by atoms with Gasteiger partial charge in [-0.1, -0.05) is 0 Å². The monoisotopic (exact) mass is 180 g/mol. The van der Waals surface area contributed by atoms with Crippen LogP contribution in [-0.4, -0.2) is 22.5 Å². The van der Waals surface area contributed by atoms with E-state index in [0.29, 0.717) is 0 Å². The van der Waals surface area contributed by atoms with Gasteiger partial charge in [0.05, 0.1) is 16.1 Å². The standard InChI is InChI=1S/C9H12N2S/c1-12(2)9-6-8-7(11-9)4-3-5-10-8/h3-6,11-12H,1-2H3. The maximum Gasteiger partial charge on any atom is 0.0889 e. The van der Waals surface area contributed by atoms with Crippen LogP contribution in [0.3, 0.4) is 0 Å². The summed E-state index contributed by atoms with van der Waals surface area (Å²) in [6.07, 6.45) is 6.30. The number of hydrogen-bond donors (Lipinski definition) is 2. The van der Waals surface area contributed by atoms with E-state index in [-0.39, 0.29) is 10.9 Å². The third-order valence-electron chi connectivity index (χ3n) is 1.86. The molecule has 0 fully saturated rings. The third-order valence-corrected chi connectivity index (χ3v) is 3.06. The zero-order valence-electron chi connectivity index (χ0n) is 7.20. The Kier molecular flexibility index (Phi) is 1.81. The Balaban J connectivity index is 2.62. The van der Waals surface area contributed by atoms with Gasteiger partial charge < -0.3 is 4.98 Å². The number of nitrogens with zero attached hydrogens (tertiary/aromatic N) is 1. The molecule has 2 rings (SSSR count). The SMILES string of the molecule is C[SH](C)c1cc2ncccc2[nH]1. The largest absolute Gasteiger partial charge is 0.350 e. The van der Waals surface area contributed by atoms with E-state index in [0.717, 1.165) is 11.0 Å². The van der Waals surface area contributed by atoms with E-state index in [1.807, 2.05) is 12.3 Å². The summed E-state index contributed by atoms with van der Waals surface area (Å²) in [5.74, 6) is 0. The summed E-state index contributed by atoms with van der Waals surface area (Å²) in [7, 11) is -0.0379. The van der Waals surface area contributed by atoms with E-state index in [2.05, 4.69) is 34.6 Å². The number of aromatic nitrogens is 2. The van der Waals surface area contributed by atoms with Crippen molar-refractivity contribution in [1.82, 2.24) is 9.97 Å². The average Bonchev–Trinajstić information content (AvgIpc) is 2.46. The van der Waals surface area contributed by atoms with Crippen molar-refractivity contribution in [2.24, 2.45) is 0 Å². The van der Waals surface area contributed by atoms with E-state index < -0.39 is 0 Å². The minimum absolute atomic E-state index is 0.0379. The molecule has 0 aliphatic heterocycles. The highest BCUT2D eigenvalue weighted by atomic mass is 32.2. The molecule has 0 spiro atoms. The Bertz CT molecular complexity index is 359. The maximum atomic E-state index is 4.26. The van der Waals surface area contributed by atoms with Crippen LogP contribution in [0.2, 0.25) is 0 Å². The molecule has 0 radical (unpaired) electrons. The van der Waals surface area contributed by atoms with Gasteiger partial charge >= 0.3 is 0 Å². The van der Waals surface area contributed by atoms with Gasteiger partial charge in [0.15, 0.2) is 0 Å². The van der Waals surface area contributed by atoms with Crippen molar-refractivity contribution in [1.29, 1.82) is 0 Å². The molecule has 64 valence electrons. The molecule has 2 heterocycles. The van der Waals surface area contributed by atoms with Crippen LogP contribution in [0.1, 0.15) is 0 Å². The second-order valence-corrected chi connectivity index (χ2v) is 5.26. The van der Waals surface area contributed by atoms with Gasteiger partial charge in [-0.3, -0.25) is 4.98 Å². The van der Waals surface area contributed by atoms with Crippen molar-refractivity contribution in [2.45, 2.75) is 5.03 Å². The highest BCUT2D eigenvalue weighted by Gasteiger charge is 2.00. The molecular formula is C9H12N2S. The molecule has 0 aliphatic carbocycles. The summed E-state index contributed by atoms with van der Waals surface area (Å²) in [4.78, 5) is 7.62. The predicted molar refractivity (Wildman–Crippen MR) is 55.2 cm³/mol. The number of fused-ring (bicyclic) bond motifs is 1. The smallest absolute Gasteiger partial charge is 0.0889 e. The normalized spacial score (nSPS) is 12.0. The van der Waals surface area contributed by atoms with E-state index in [9.17, 15) is 0 Å². The van der Waals surface area contributed by atoms with Gasteiger partial charge in [-0.25, -0.2) is 10.9 Å². The lowest BCUT2D eigenvalue weighted by Crippen LogP contribution is -1.74. The van der Waals surface area contributed by atoms with Crippen molar-refractivity contribution in [3.8, 4) is 0 Å². The van der Waals surface area contributed by atoms with Crippen LogP contribution in [0.5, 0.6) is 0 Å². The van der Waals surface area contributed by atoms with Crippen LogP contribution in [0.25, 0.3) is 11.0 Å². The summed E-state index contributed by atoms with van der Waals surface area (Å²) in [6, 6.07) is 6.15. The summed E-state index contributed by atoms with van der Waals surface area (Å²) >= 11 is 0. The van der Waals surface area contributed by atoms with Gasteiger partial charge in [-0.2, -0.15) is 0 Å². The molecule has 0 saturated carbocycles. The zero-order valence-corrected chi connectivity index (χ0v) is 8.10. The van der Waals surface area contributed by atoms with Crippen LogP contribution in [-0.2, 0) is 0 Å². The first kappa shape index (κ1) is 7.68. The number of pyridine rings is 1. The Labute approximate surface area is 74.4 Å². The number of nitrogens with one attached hydrogen (secondary N) is 1. The number of H-pyrrole nitrogens is 1. The second kappa shape index (κ2) is 2.83. The molecule has 0 aliphatic rings. The van der Waals surface area contributed by atoms with Crippen LogP contribution in [0.15, 0.2) is 29.4 Å². The summed E-state index contributed by atoms with van der Waals surface area (Å²) in [5.41, 5.74) is 2.22. The van der Waals surface area contributed by atoms with Gasteiger partial charge in [0.25, 0.3) is 0 Å². The maximum absolute atomic E-state index is 4.26. The first-order chi connectivity index (χ1) is 5.77. The number of rotatable bonds is 1. The van der Waals surface area contributed by atoms with Crippen LogP contribution in [0, 0.1) is 0 Å². The van der Waals surface area contributed by atoms with E-state index in [1.54, 1.807) is 0 Å². The highest BCUT2D eigenvalue weighted by Crippen LogP contribution is 2.29. The van der Waals surface area contributed by atoms with Gasteiger partial charge in [-0.15, -0.1) is 0 Å². The molecule has 12 heavy (non-hydrogen) atoms. The number of aromatic amines is 1. The average molecular weight is 180 g/mol. The molecular weight excluding hydrogens is 168 g/mol. The van der Waals surface area contributed by atoms with Crippen LogP contribution < -0.4 is 0 Å². The van der Waals surface area contributed by atoms with Crippen molar-refractivity contribution < 1.29 is 0 Å². The second-order valence-electron chi connectivity index (χ2n) is 2.99. The summed E-state index contributed by atoms with van der Waals surface area (Å²) < 4.78 is 0. The minimum Gasteiger partial charge on any atom is -0.350 e. The predicted octanol–water partition coefficient (Wildman–Crippen LogP) is 2.18. The quantitative estimate of drug-likeness (QED) is 0.647. The molecule has 0 aromatic carbocycles. The van der Waals surface area contributed by atoms with Crippen molar-refractivity contribution in [2.75, 3.05) is 12.5 Å². The fraction of sp³-hybridized carbons (Fsp3) is 0.222. The Morgan fingerprint density at radius 2 is 2.25 bits per heavy atom. The highest BCUT2D eigenvalue weighted by molar-refractivity contribution is 8.15. The molecule has 0 saturated heterocycles. The summed E-state index contributed by atoms with van der Waals surface area (Å²) in [6.45, 7) is 0. The number of thiol groups is 1. The van der Waals surface area contributed by atoms with E-state index in [1.165, 1.54) is 5.03 Å². The topological polar surface area (TPSA) is 28.7 Å². The lowest BCUT2D eigenvalue weighted by molar-refractivity contribution is 1.24. The molecule has 0 atom stereocenters. The zero-order chi connectivity index (χ0) is 8.55. The van der Waals surface area contributed by atoms with Gasteiger partial charge in [0.1, 0.15) is 0 Å². The molecule has 0 unspecified atom stereocenters. The summed E-state index contributed by atoms with van der Waals surface area (Å²) in [5, 5.41) is 1.32. The van der Waals surface area contributed by atoms with Crippen molar-refractivity contribution in [3.05, 3.63) is 24.4 Å². The van der Waals surface area contributed by atoms with Gasteiger partial charge in [0, 0.05) is 6.20 Å². The fourth-order valence-corrected chi connectivity index (χ4v) is 1.91. The third kappa shape index (κ3) is 1.20. The van der Waals surface area contributed by atoms with E-state index in [4.69, 9.17) is 0 Å². The molecule has 2 aromatic rings. The Morgan fingerprint density at radius 1 is 1.42 bits per heavy atom.